The number of carboxylic acid groups (broad SMARTS) is 1. The van der Waals surface area contributed by atoms with E-state index in [2.05, 4.69) is 0 Å². The zero-order valence-electron chi connectivity index (χ0n) is 14.3. The number of carbonyl (C=O) groups is 1. The molecule has 1 aliphatic heterocycles. The summed E-state index contributed by atoms with van der Waals surface area (Å²) < 4.78 is 5.84. The molecule has 1 atom stereocenters. The summed E-state index contributed by atoms with van der Waals surface area (Å²) in [6.07, 6.45) is 3.96. The minimum absolute atomic E-state index is 0.00766. The maximum absolute atomic E-state index is 11.9. The van der Waals surface area contributed by atoms with Gasteiger partial charge in [0.2, 0.25) is 0 Å². The van der Waals surface area contributed by atoms with Gasteiger partial charge in [0.15, 0.2) is 0 Å². The van der Waals surface area contributed by atoms with Crippen LogP contribution in [0.2, 0.25) is 0 Å². The van der Waals surface area contributed by atoms with Crippen LogP contribution in [0.3, 0.4) is 0 Å². The van der Waals surface area contributed by atoms with Crippen LogP contribution in [0.1, 0.15) is 21.5 Å². The molecule has 2 aromatic carbocycles. The molecule has 0 amide bonds. The molecular weight excluding hydrogens is 378 g/mol. The Morgan fingerprint density at radius 1 is 1.18 bits per heavy atom. The number of phenols is 1. The van der Waals surface area contributed by atoms with E-state index in [0.29, 0.717) is 38.7 Å². The van der Waals surface area contributed by atoms with Crippen molar-refractivity contribution in [2.45, 2.75) is 11.0 Å². The highest BCUT2D eigenvalue weighted by Crippen LogP contribution is 2.45. The lowest BCUT2D eigenvalue weighted by molar-refractivity contribution is 0.0696. The maximum atomic E-state index is 11.9. The lowest BCUT2D eigenvalue weighted by atomic mass is 9.85. The normalized spacial score (nSPS) is 17.1. The Balaban J connectivity index is 2.02. The SMILES string of the molecule is N#CSc1ccc(C2=C3C=CC(O)C=C3Oc3cc(O)ccc32)c(C(=O)O)c1. The lowest BCUT2D eigenvalue weighted by Gasteiger charge is -2.28. The molecule has 1 heterocycles. The summed E-state index contributed by atoms with van der Waals surface area (Å²) in [5.41, 5.74) is 2.36. The highest BCUT2D eigenvalue weighted by atomic mass is 32.2. The molecule has 0 saturated heterocycles. The van der Waals surface area contributed by atoms with Crippen LogP contribution in [-0.4, -0.2) is 27.4 Å². The van der Waals surface area contributed by atoms with Crippen molar-refractivity contribution >= 4 is 23.3 Å². The van der Waals surface area contributed by atoms with Crippen LogP contribution in [0.4, 0.5) is 0 Å². The van der Waals surface area contributed by atoms with Gasteiger partial charge < -0.3 is 20.1 Å². The number of aliphatic hydroxyl groups excluding tert-OH is 1. The highest BCUT2D eigenvalue weighted by molar-refractivity contribution is 8.03. The number of thiocyanates is 1. The molecule has 0 bridgehead atoms. The van der Waals surface area contributed by atoms with Gasteiger partial charge in [-0.05, 0) is 47.7 Å². The number of aromatic hydroxyl groups is 1. The molecule has 138 valence electrons. The number of nitrogens with zero attached hydrogens (tertiary/aromatic N) is 1. The zero-order valence-corrected chi connectivity index (χ0v) is 15.1. The molecule has 0 aromatic heterocycles. The number of thioether (sulfide) groups is 1. The summed E-state index contributed by atoms with van der Waals surface area (Å²) in [6.45, 7) is 0. The third-order valence-electron chi connectivity index (χ3n) is 4.43. The van der Waals surface area contributed by atoms with E-state index in [-0.39, 0.29) is 11.3 Å². The van der Waals surface area contributed by atoms with Crippen molar-refractivity contribution in [3.8, 4) is 16.9 Å². The molecule has 28 heavy (non-hydrogen) atoms. The summed E-state index contributed by atoms with van der Waals surface area (Å²) in [5.74, 6) is -0.372. The molecule has 1 unspecified atom stereocenters. The van der Waals surface area contributed by atoms with Crippen molar-refractivity contribution in [2.75, 3.05) is 0 Å². The van der Waals surface area contributed by atoms with Gasteiger partial charge in [-0.15, -0.1) is 0 Å². The van der Waals surface area contributed by atoms with Crippen LogP contribution < -0.4 is 4.74 Å². The number of benzene rings is 2. The molecule has 3 N–H and O–H groups in total. The maximum Gasteiger partial charge on any atom is 0.336 e. The van der Waals surface area contributed by atoms with Crippen molar-refractivity contribution in [3.05, 3.63) is 82.6 Å². The van der Waals surface area contributed by atoms with Gasteiger partial charge >= 0.3 is 5.97 Å². The van der Waals surface area contributed by atoms with Crippen molar-refractivity contribution in [2.24, 2.45) is 0 Å². The van der Waals surface area contributed by atoms with Crippen LogP contribution in [0.15, 0.2) is 70.9 Å². The number of aromatic carboxylic acids is 1. The van der Waals surface area contributed by atoms with Crippen LogP contribution >= 0.6 is 11.8 Å². The van der Waals surface area contributed by atoms with Crippen LogP contribution in [0.25, 0.3) is 5.57 Å². The van der Waals surface area contributed by atoms with E-state index in [9.17, 15) is 20.1 Å². The second kappa shape index (κ2) is 6.93. The molecule has 2 aromatic rings. The van der Waals surface area contributed by atoms with Crippen molar-refractivity contribution < 1.29 is 24.9 Å². The van der Waals surface area contributed by atoms with Crippen LogP contribution in [0, 0.1) is 10.7 Å². The summed E-state index contributed by atoms with van der Waals surface area (Å²) in [7, 11) is 0. The lowest BCUT2D eigenvalue weighted by Crippen LogP contribution is -2.16. The van der Waals surface area contributed by atoms with E-state index < -0.39 is 12.1 Å². The molecule has 0 fully saturated rings. The first kappa shape index (κ1) is 17.9. The second-order valence-corrected chi connectivity index (χ2v) is 7.02. The van der Waals surface area contributed by atoms with Crippen molar-refractivity contribution in [1.29, 1.82) is 5.26 Å². The molecule has 6 nitrogen and oxygen atoms in total. The smallest absolute Gasteiger partial charge is 0.336 e. The Morgan fingerprint density at radius 3 is 2.71 bits per heavy atom. The van der Waals surface area contributed by atoms with E-state index in [1.54, 1.807) is 30.4 Å². The number of ether oxygens (including phenoxy) is 1. The largest absolute Gasteiger partial charge is 0.508 e. The van der Waals surface area contributed by atoms with E-state index in [0.717, 1.165) is 11.8 Å². The fourth-order valence-electron chi connectivity index (χ4n) is 3.26. The van der Waals surface area contributed by atoms with E-state index >= 15 is 0 Å². The number of fused-ring (bicyclic) bond motifs is 2. The zero-order chi connectivity index (χ0) is 19.8. The molecule has 0 radical (unpaired) electrons. The number of hydrogen-bond acceptors (Lipinski definition) is 6. The predicted molar refractivity (Wildman–Crippen MR) is 103 cm³/mol. The quantitative estimate of drug-likeness (QED) is 0.541. The van der Waals surface area contributed by atoms with E-state index in [4.69, 9.17) is 10.00 Å². The molecule has 0 spiro atoms. The van der Waals surface area contributed by atoms with Gasteiger partial charge in [0.25, 0.3) is 0 Å². The minimum atomic E-state index is -1.12. The van der Waals surface area contributed by atoms with Gasteiger partial charge in [0.05, 0.1) is 11.7 Å². The summed E-state index contributed by atoms with van der Waals surface area (Å²) >= 11 is 0.883. The molecule has 0 saturated carbocycles. The minimum Gasteiger partial charge on any atom is -0.508 e. The Morgan fingerprint density at radius 2 is 1.96 bits per heavy atom. The molecule has 1 aliphatic carbocycles. The standard InChI is InChI=1S/C21H13NO5S/c22-10-28-13-3-6-14(17(9-13)21(25)26)20-15-4-1-11(23)7-18(15)27-19-8-12(24)2-5-16(19)20/h1-9,11,23-24H,(H,25,26). The summed E-state index contributed by atoms with van der Waals surface area (Å²) in [6, 6.07) is 9.40. The number of rotatable bonds is 3. The number of carboxylic acids is 1. The Kier molecular flexibility index (Phi) is 4.43. The van der Waals surface area contributed by atoms with Gasteiger partial charge in [-0.3, -0.25) is 0 Å². The first-order valence-corrected chi connectivity index (χ1v) is 9.07. The fraction of sp³-hybridized carbons (Fsp3) is 0.0476. The first-order valence-electron chi connectivity index (χ1n) is 8.25. The Labute approximate surface area is 164 Å². The average Bonchev–Trinajstić information content (AvgIpc) is 2.66. The molecule has 4 rings (SSSR count). The topological polar surface area (TPSA) is 111 Å². The Hall–Kier alpha value is -3.47. The Bertz CT molecular complexity index is 1140. The number of allylic oxidation sites excluding steroid dienone is 1. The number of aliphatic hydroxyl groups is 1. The van der Waals surface area contributed by atoms with Crippen molar-refractivity contribution in [3.63, 3.8) is 0 Å². The van der Waals surface area contributed by atoms with Crippen LogP contribution in [0.5, 0.6) is 11.5 Å². The van der Waals surface area contributed by atoms with E-state index in [1.807, 2.05) is 5.40 Å². The predicted octanol–water partition coefficient (Wildman–Crippen LogP) is 3.67. The first-order chi connectivity index (χ1) is 13.5. The molecule has 7 heteroatoms. The third kappa shape index (κ3) is 3.05. The average molecular weight is 391 g/mol. The van der Waals surface area contributed by atoms with Gasteiger partial charge in [-0.1, -0.05) is 18.2 Å². The number of hydrogen-bond donors (Lipinski definition) is 3. The fourth-order valence-corrected chi connectivity index (χ4v) is 3.68. The van der Waals surface area contributed by atoms with Gasteiger partial charge in [0, 0.05) is 27.7 Å². The van der Waals surface area contributed by atoms with Crippen molar-refractivity contribution in [1.82, 2.24) is 0 Å². The van der Waals surface area contributed by atoms with Gasteiger partial charge in [0.1, 0.15) is 22.7 Å². The third-order valence-corrected chi connectivity index (χ3v) is 5.01. The monoisotopic (exact) mass is 391 g/mol. The number of nitriles is 1. The summed E-state index contributed by atoms with van der Waals surface area (Å²) in [4.78, 5) is 12.5. The second-order valence-electron chi connectivity index (χ2n) is 6.16. The molecular formula is C21H13NO5S. The van der Waals surface area contributed by atoms with Gasteiger partial charge in [-0.25, -0.2) is 4.79 Å². The van der Waals surface area contributed by atoms with E-state index in [1.165, 1.54) is 24.3 Å². The van der Waals surface area contributed by atoms with Gasteiger partial charge in [-0.2, -0.15) is 5.26 Å². The van der Waals surface area contributed by atoms with Crippen LogP contribution in [-0.2, 0) is 0 Å². The number of phenolic OH excluding ortho intramolecular Hbond substituents is 1. The molecule has 2 aliphatic rings. The highest BCUT2D eigenvalue weighted by Gasteiger charge is 2.29. The summed E-state index contributed by atoms with van der Waals surface area (Å²) in [5, 5.41) is 40.3.